The van der Waals surface area contributed by atoms with Gasteiger partial charge in [-0.2, -0.15) is 0 Å². The number of ether oxygens (including phenoxy) is 1. The van der Waals surface area contributed by atoms with Crippen LogP contribution < -0.4 is 28.5 Å². The topological polar surface area (TPSA) is 135 Å². The largest absolute Gasteiger partial charge is 0.467 e. The number of aromatic nitrogens is 1. The second-order valence-electron chi connectivity index (χ2n) is 4.14. The van der Waals surface area contributed by atoms with Gasteiger partial charge >= 0.3 is 5.97 Å². The van der Waals surface area contributed by atoms with Gasteiger partial charge in [0.05, 0.1) is 14.2 Å². The third kappa shape index (κ3) is 7.18. The molecule has 0 saturated heterocycles. The zero-order valence-electron chi connectivity index (χ0n) is 12.0. The number of hydrogen-bond donors (Lipinski definition) is 0. The van der Waals surface area contributed by atoms with Crippen molar-refractivity contribution in [2.45, 2.75) is 19.4 Å². The zero-order valence-corrected chi connectivity index (χ0v) is 12.8. The summed E-state index contributed by atoms with van der Waals surface area (Å²) in [5.41, 5.74) is -0.907. The standard InChI is InChI=1S/C11H17N2O3.ClHO4/c1-11(2,10(14)15-3)13(16-4)12-8-6-5-7-9-12;2-1(3,4)5/h5-9H,1-4H3;(H,2,3,4,5)/q+1;/p-1. The van der Waals surface area contributed by atoms with Crippen LogP contribution in [0.1, 0.15) is 13.8 Å². The predicted molar refractivity (Wildman–Crippen MR) is 58.0 cm³/mol. The van der Waals surface area contributed by atoms with Crippen molar-refractivity contribution in [2.24, 2.45) is 0 Å². The number of carbonyl (C=O) groups excluding carboxylic acids is 1. The minimum absolute atomic E-state index is 0.370. The average Bonchev–Trinajstić information content (AvgIpc) is 2.37. The number of hydrogen-bond acceptors (Lipinski definition) is 8. The molecule has 0 bridgehead atoms. The van der Waals surface area contributed by atoms with Gasteiger partial charge in [-0.3, -0.25) is 0 Å². The van der Waals surface area contributed by atoms with E-state index in [-0.39, 0.29) is 5.97 Å². The maximum atomic E-state index is 11.6. The van der Waals surface area contributed by atoms with E-state index < -0.39 is 15.8 Å². The van der Waals surface area contributed by atoms with E-state index in [1.165, 1.54) is 19.4 Å². The summed E-state index contributed by atoms with van der Waals surface area (Å²) in [5, 5.41) is 1.44. The highest BCUT2D eigenvalue weighted by molar-refractivity contribution is 5.80. The minimum atomic E-state index is -4.94. The molecule has 0 radical (unpaired) electrons. The van der Waals surface area contributed by atoms with Crippen LogP contribution >= 0.6 is 0 Å². The normalized spacial score (nSPS) is 11.2. The summed E-state index contributed by atoms with van der Waals surface area (Å²) in [6, 6.07) is 5.58. The molecule has 10 heteroatoms. The number of methoxy groups -OCH3 is 1. The molecule has 21 heavy (non-hydrogen) atoms. The highest BCUT2D eigenvalue weighted by Crippen LogP contribution is 2.11. The highest BCUT2D eigenvalue weighted by atomic mass is 35.7. The molecule has 0 aliphatic rings. The van der Waals surface area contributed by atoms with Gasteiger partial charge in [0.2, 0.25) is 17.9 Å². The Balaban J connectivity index is 0.000000690. The number of esters is 1. The van der Waals surface area contributed by atoms with Gasteiger partial charge in [0.25, 0.3) is 0 Å². The van der Waals surface area contributed by atoms with Crippen molar-refractivity contribution in [3.05, 3.63) is 30.6 Å². The molecular formula is C11H17ClN2O7. The van der Waals surface area contributed by atoms with E-state index >= 15 is 0 Å². The number of carbonyl (C=O) groups is 1. The van der Waals surface area contributed by atoms with E-state index in [1.54, 1.807) is 30.9 Å². The van der Waals surface area contributed by atoms with Crippen LogP contribution in [0.25, 0.3) is 0 Å². The fourth-order valence-electron chi connectivity index (χ4n) is 1.45. The lowest BCUT2D eigenvalue weighted by Gasteiger charge is -2.28. The SMILES string of the molecule is COC(=O)C(C)(C)N(OC)[n+]1ccccc1.[O-][Cl+3]([O-])([O-])[O-]. The lowest BCUT2D eigenvalue weighted by Crippen LogP contribution is -2.68. The van der Waals surface area contributed by atoms with Crippen molar-refractivity contribution in [1.29, 1.82) is 0 Å². The van der Waals surface area contributed by atoms with Gasteiger partial charge in [-0.1, -0.05) is 10.7 Å². The van der Waals surface area contributed by atoms with Crippen molar-refractivity contribution in [1.82, 2.24) is 0 Å². The molecule has 1 aromatic heterocycles. The summed E-state index contributed by atoms with van der Waals surface area (Å²) in [7, 11) is -2.09. The molecule has 1 rings (SSSR count). The van der Waals surface area contributed by atoms with Crippen LogP contribution in [0.5, 0.6) is 0 Å². The Hall–Kier alpha value is -1.49. The van der Waals surface area contributed by atoms with Gasteiger partial charge in [0.1, 0.15) is 0 Å². The minimum Gasteiger partial charge on any atom is -0.467 e. The van der Waals surface area contributed by atoms with E-state index in [0.29, 0.717) is 0 Å². The van der Waals surface area contributed by atoms with Crippen LogP contribution in [0.3, 0.4) is 0 Å². The first-order chi connectivity index (χ1) is 9.54. The summed E-state index contributed by atoms with van der Waals surface area (Å²) in [4.78, 5) is 16.9. The van der Waals surface area contributed by atoms with Gasteiger partial charge in [-0.05, 0) is 19.0 Å². The maximum absolute atomic E-state index is 11.6. The van der Waals surface area contributed by atoms with E-state index in [9.17, 15) is 4.79 Å². The Morgan fingerprint density at radius 3 is 1.86 bits per heavy atom. The van der Waals surface area contributed by atoms with E-state index in [1.807, 2.05) is 18.2 Å². The van der Waals surface area contributed by atoms with Crippen molar-refractivity contribution < 1.29 is 47.9 Å². The highest BCUT2D eigenvalue weighted by Gasteiger charge is 2.42. The summed E-state index contributed by atoms with van der Waals surface area (Å²) in [5.74, 6) is -0.370. The first-order valence-electron chi connectivity index (χ1n) is 5.55. The van der Waals surface area contributed by atoms with Crippen molar-refractivity contribution >= 4 is 5.97 Å². The maximum Gasteiger partial charge on any atom is 0.339 e. The molecule has 120 valence electrons. The number of rotatable bonds is 4. The zero-order chi connectivity index (χ0) is 16.7. The third-order valence-electron chi connectivity index (χ3n) is 2.25. The van der Waals surface area contributed by atoms with Gasteiger partial charge in [0, 0.05) is 12.1 Å². The predicted octanol–water partition coefficient (Wildman–Crippen LogP) is -4.33. The molecule has 1 aromatic rings. The average molecular weight is 325 g/mol. The number of pyridine rings is 1. The van der Waals surface area contributed by atoms with Gasteiger partial charge < -0.3 is 4.74 Å². The number of hydroxylamine groups is 1. The summed E-state index contributed by atoms with van der Waals surface area (Å²) >= 11 is 0. The fraction of sp³-hybridized carbons (Fsp3) is 0.455. The van der Waals surface area contributed by atoms with Crippen molar-refractivity contribution in [3.63, 3.8) is 0 Å². The molecule has 9 nitrogen and oxygen atoms in total. The van der Waals surface area contributed by atoms with Gasteiger partial charge in [0.15, 0.2) is 0 Å². The molecule has 0 aliphatic heterocycles. The van der Waals surface area contributed by atoms with Crippen LogP contribution in [0.2, 0.25) is 0 Å². The smallest absolute Gasteiger partial charge is 0.339 e. The monoisotopic (exact) mass is 324 g/mol. The Kier molecular flexibility index (Phi) is 7.50. The van der Waals surface area contributed by atoms with E-state index in [0.717, 1.165) is 0 Å². The molecule has 0 amide bonds. The molecule has 0 fully saturated rings. The van der Waals surface area contributed by atoms with Gasteiger partial charge in [-0.15, -0.1) is 10.2 Å². The van der Waals surface area contributed by atoms with Crippen LogP contribution in [0.15, 0.2) is 30.6 Å². The molecule has 0 saturated carbocycles. The molecule has 0 N–H and O–H groups in total. The Morgan fingerprint density at radius 1 is 1.10 bits per heavy atom. The molecule has 1 heterocycles. The lowest BCUT2D eigenvalue weighted by molar-refractivity contribution is -2.00. The van der Waals surface area contributed by atoms with E-state index in [2.05, 4.69) is 0 Å². The molecule has 0 aromatic carbocycles. The number of nitrogens with zero attached hydrogens (tertiary/aromatic N) is 2. The Morgan fingerprint density at radius 2 is 1.52 bits per heavy atom. The van der Waals surface area contributed by atoms with Crippen LogP contribution in [-0.2, 0) is 14.4 Å². The fourth-order valence-corrected chi connectivity index (χ4v) is 1.45. The molecule has 0 spiro atoms. The Bertz CT molecular complexity index is 430. The lowest BCUT2D eigenvalue weighted by atomic mass is 10.1. The molecule has 0 unspecified atom stereocenters. The summed E-state index contributed by atoms with van der Waals surface area (Å²) in [6.07, 6.45) is 3.57. The molecule has 0 atom stereocenters. The van der Waals surface area contributed by atoms with Crippen LogP contribution in [-0.4, -0.2) is 25.7 Å². The van der Waals surface area contributed by atoms with Crippen molar-refractivity contribution in [3.8, 4) is 0 Å². The van der Waals surface area contributed by atoms with E-state index in [4.69, 9.17) is 28.2 Å². The summed E-state index contributed by atoms with van der Waals surface area (Å²) in [6.45, 7) is 3.45. The second kappa shape index (κ2) is 8.08. The number of halogens is 1. The van der Waals surface area contributed by atoms with Gasteiger partial charge in [-0.25, -0.2) is 28.3 Å². The third-order valence-corrected chi connectivity index (χ3v) is 2.25. The first-order valence-corrected chi connectivity index (χ1v) is 6.78. The van der Waals surface area contributed by atoms with Crippen LogP contribution in [0.4, 0.5) is 0 Å². The Labute approximate surface area is 124 Å². The summed E-state index contributed by atoms with van der Waals surface area (Å²) < 4.78 is 40.4. The van der Waals surface area contributed by atoms with Crippen LogP contribution in [0, 0.1) is 10.2 Å². The quantitative estimate of drug-likeness (QED) is 0.308. The second-order valence-corrected chi connectivity index (χ2v) is 4.90. The molecule has 0 aliphatic carbocycles. The van der Waals surface area contributed by atoms with Crippen molar-refractivity contribution in [2.75, 3.05) is 19.4 Å². The molecular weight excluding hydrogens is 308 g/mol. The first kappa shape index (κ1) is 19.5.